The minimum absolute atomic E-state index is 0.103. The molecule has 5 nitrogen and oxygen atoms in total. The van der Waals surface area contributed by atoms with Crippen LogP contribution in [-0.4, -0.2) is 42.6 Å². The predicted octanol–water partition coefficient (Wildman–Crippen LogP) is 3.24. The molecule has 0 N–H and O–H groups in total. The molecule has 0 spiro atoms. The summed E-state index contributed by atoms with van der Waals surface area (Å²) in [6.45, 7) is 1.29. The fourth-order valence-corrected chi connectivity index (χ4v) is 4.92. The Labute approximate surface area is 150 Å². The van der Waals surface area contributed by atoms with Crippen molar-refractivity contribution in [2.45, 2.75) is 16.9 Å². The molecule has 0 aliphatic heterocycles. The molecule has 1 atom stereocenters. The quantitative estimate of drug-likeness (QED) is 0.564. The minimum Gasteiger partial charge on any atom is -0.493 e. The molecule has 1 aliphatic carbocycles. The van der Waals surface area contributed by atoms with Crippen molar-refractivity contribution in [3.63, 3.8) is 0 Å². The van der Waals surface area contributed by atoms with Crippen molar-refractivity contribution in [2.24, 2.45) is 0 Å². The Hall–Kier alpha value is -1.60. The van der Waals surface area contributed by atoms with Crippen LogP contribution < -0.4 is 9.47 Å². The standard InChI is InChI=1S/C17H20O5S2/c1-10(18)22-15-9-12(17(23-4,24-5)16(15)19)11-6-7-13(20-2)14(8-11)21-3/h6-9,12H,1-5H3. The van der Waals surface area contributed by atoms with Gasteiger partial charge in [-0.15, -0.1) is 23.5 Å². The van der Waals surface area contributed by atoms with Gasteiger partial charge in [0.15, 0.2) is 17.3 Å². The molecule has 0 fully saturated rings. The predicted molar refractivity (Wildman–Crippen MR) is 96.9 cm³/mol. The number of ether oxygens (including phenoxy) is 3. The van der Waals surface area contributed by atoms with Gasteiger partial charge in [0.1, 0.15) is 4.08 Å². The molecule has 0 amide bonds. The summed E-state index contributed by atoms with van der Waals surface area (Å²) in [5, 5.41) is 0. The number of hydrogen-bond acceptors (Lipinski definition) is 7. The number of methoxy groups -OCH3 is 2. The number of benzene rings is 1. The second-order valence-corrected chi connectivity index (χ2v) is 7.48. The first-order valence-electron chi connectivity index (χ1n) is 7.20. The Morgan fingerprint density at radius 2 is 1.75 bits per heavy atom. The maximum atomic E-state index is 12.8. The molecule has 1 aromatic rings. The minimum atomic E-state index is -0.773. The maximum Gasteiger partial charge on any atom is 0.308 e. The number of hydrogen-bond donors (Lipinski definition) is 0. The van der Waals surface area contributed by atoms with Gasteiger partial charge in [-0.1, -0.05) is 6.07 Å². The van der Waals surface area contributed by atoms with E-state index in [1.807, 2.05) is 30.7 Å². The molecule has 2 rings (SSSR count). The molecule has 0 saturated carbocycles. The summed E-state index contributed by atoms with van der Waals surface area (Å²) in [5.41, 5.74) is 0.895. The van der Waals surface area contributed by atoms with Crippen LogP contribution in [0.3, 0.4) is 0 Å². The van der Waals surface area contributed by atoms with E-state index in [1.165, 1.54) is 30.4 Å². The molecule has 0 heterocycles. The zero-order valence-corrected chi connectivity index (χ0v) is 15.9. The van der Waals surface area contributed by atoms with E-state index < -0.39 is 10.0 Å². The molecule has 7 heteroatoms. The zero-order chi connectivity index (χ0) is 17.9. The highest BCUT2D eigenvalue weighted by Crippen LogP contribution is 2.54. The Kier molecular flexibility index (Phi) is 5.87. The molecule has 0 saturated heterocycles. The maximum absolute atomic E-state index is 12.8. The summed E-state index contributed by atoms with van der Waals surface area (Å²) >= 11 is 2.89. The summed E-state index contributed by atoms with van der Waals surface area (Å²) in [6.07, 6.45) is 5.48. The van der Waals surface area contributed by atoms with E-state index in [-0.39, 0.29) is 17.5 Å². The Bertz CT molecular complexity index is 680. The van der Waals surface area contributed by atoms with E-state index >= 15 is 0 Å². The number of rotatable bonds is 6. The SMILES string of the molecule is COc1ccc(C2C=C(OC(C)=O)C(=O)C2(SC)SC)cc1OC. The number of esters is 1. The van der Waals surface area contributed by atoms with Gasteiger partial charge in [-0.2, -0.15) is 0 Å². The Morgan fingerprint density at radius 3 is 2.25 bits per heavy atom. The lowest BCUT2D eigenvalue weighted by atomic mass is 9.97. The van der Waals surface area contributed by atoms with E-state index in [1.54, 1.807) is 20.3 Å². The smallest absolute Gasteiger partial charge is 0.308 e. The van der Waals surface area contributed by atoms with Gasteiger partial charge in [0, 0.05) is 12.8 Å². The summed E-state index contributed by atoms with van der Waals surface area (Å²) in [6, 6.07) is 5.56. The van der Waals surface area contributed by atoms with Crippen LogP contribution in [0.25, 0.3) is 0 Å². The lowest BCUT2D eigenvalue weighted by Crippen LogP contribution is -2.33. The summed E-state index contributed by atoms with van der Waals surface area (Å²) in [5.74, 6) is 0.382. The van der Waals surface area contributed by atoms with Gasteiger partial charge < -0.3 is 14.2 Å². The topological polar surface area (TPSA) is 61.8 Å². The average Bonchev–Trinajstić information content (AvgIpc) is 2.86. The average molecular weight is 368 g/mol. The Morgan fingerprint density at radius 1 is 1.12 bits per heavy atom. The number of carbonyl (C=O) groups is 2. The first-order chi connectivity index (χ1) is 11.4. The van der Waals surface area contributed by atoms with Crippen LogP contribution >= 0.6 is 23.5 Å². The largest absolute Gasteiger partial charge is 0.493 e. The number of carbonyl (C=O) groups excluding carboxylic acids is 2. The molecule has 1 unspecified atom stereocenters. The molecule has 0 aromatic heterocycles. The number of allylic oxidation sites excluding steroid dienone is 2. The highest BCUT2D eigenvalue weighted by atomic mass is 32.2. The zero-order valence-electron chi connectivity index (χ0n) is 14.2. The number of thioether (sulfide) groups is 2. The van der Waals surface area contributed by atoms with Gasteiger partial charge in [0.25, 0.3) is 0 Å². The molecule has 1 aliphatic rings. The number of ketones is 1. The fraction of sp³-hybridized carbons (Fsp3) is 0.412. The van der Waals surface area contributed by atoms with E-state index in [4.69, 9.17) is 14.2 Å². The van der Waals surface area contributed by atoms with E-state index in [0.29, 0.717) is 11.5 Å². The molecule has 130 valence electrons. The summed E-state index contributed by atoms with van der Waals surface area (Å²) in [7, 11) is 3.14. The van der Waals surface area contributed by atoms with Gasteiger partial charge >= 0.3 is 5.97 Å². The Balaban J connectivity index is 2.53. The molecular weight excluding hydrogens is 348 g/mol. The van der Waals surface area contributed by atoms with E-state index in [9.17, 15) is 9.59 Å². The third-order valence-electron chi connectivity index (χ3n) is 3.89. The van der Waals surface area contributed by atoms with Crippen molar-refractivity contribution < 1.29 is 23.8 Å². The number of Topliss-reactive ketones (excluding diaryl/α,β-unsaturated/α-hetero) is 1. The lowest BCUT2D eigenvalue weighted by molar-refractivity contribution is -0.139. The second-order valence-electron chi connectivity index (χ2n) is 5.12. The highest BCUT2D eigenvalue weighted by Gasteiger charge is 2.52. The normalized spacial score (nSPS) is 19.0. The van der Waals surface area contributed by atoms with Crippen LogP contribution in [0.2, 0.25) is 0 Å². The first-order valence-corrected chi connectivity index (χ1v) is 9.65. The van der Waals surface area contributed by atoms with Gasteiger partial charge in [0.2, 0.25) is 5.78 Å². The van der Waals surface area contributed by atoms with Crippen LogP contribution in [0.15, 0.2) is 30.0 Å². The van der Waals surface area contributed by atoms with Crippen LogP contribution in [0.4, 0.5) is 0 Å². The van der Waals surface area contributed by atoms with Crippen LogP contribution in [-0.2, 0) is 14.3 Å². The van der Waals surface area contributed by atoms with Crippen LogP contribution in [0, 0.1) is 0 Å². The van der Waals surface area contributed by atoms with Gasteiger partial charge in [-0.3, -0.25) is 9.59 Å². The monoisotopic (exact) mass is 368 g/mol. The van der Waals surface area contributed by atoms with Crippen molar-refractivity contribution >= 4 is 35.3 Å². The van der Waals surface area contributed by atoms with Crippen molar-refractivity contribution in [3.8, 4) is 11.5 Å². The lowest BCUT2D eigenvalue weighted by Gasteiger charge is -2.30. The molecule has 1 aromatic carbocycles. The van der Waals surface area contributed by atoms with Crippen molar-refractivity contribution in [2.75, 3.05) is 26.7 Å². The van der Waals surface area contributed by atoms with Crippen molar-refractivity contribution in [1.82, 2.24) is 0 Å². The van der Waals surface area contributed by atoms with Gasteiger partial charge in [-0.25, -0.2) is 0 Å². The van der Waals surface area contributed by atoms with E-state index in [2.05, 4.69) is 0 Å². The molecule has 0 bridgehead atoms. The summed E-state index contributed by atoms with van der Waals surface area (Å²) in [4.78, 5) is 24.1. The van der Waals surface area contributed by atoms with Crippen molar-refractivity contribution in [3.05, 3.63) is 35.6 Å². The van der Waals surface area contributed by atoms with Crippen molar-refractivity contribution in [1.29, 1.82) is 0 Å². The van der Waals surface area contributed by atoms with E-state index in [0.717, 1.165) is 5.56 Å². The van der Waals surface area contributed by atoms with Gasteiger partial charge in [-0.05, 0) is 36.3 Å². The third kappa shape index (κ3) is 3.15. The highest BCUT2D eigenvalue weighted by molar-refractivity contribution is 8.18. The third-order valence-corrected chi connectivity index (χ3v) is 6.99. The van der Waals surface area contributed by atoms with Crippen LogP contribution in [0.5, 0.6) is 11.5 Å². The molecule has 0 radical (unpaired) electrons. The molecule has 24 heavy (non-hydrogen) atoms. The first kappa shape index (κ1) is 18.7. The fourth-order valence-electron chi connectivity index (χ4n) is 2.77. The second kappa shape index (κ2) is 7.53. The van der Waals surface area contributed by atoms with Gasteiger partial charge in [0.05, 0.1) is 14.2 Å². The molecular formula is C17H20O5S2. The van der Waals surface area contributed by atoms with Crippen LogP contribution in [0.1, 0.15) is 18.4 Å². The summed E-state index contributed by atoms with van der Waals surface area (Å²) < 4.78 is 15.0.